The Balaban J connectivity index is 1.22. The number of amides is 1. The minimum atomic E-state index is -0.768. The summed E-state index contributed by atoms with van der Waals surface area (Å²) >= 11 is 8.02. The van der Waals surface area contributed by atoms with Crippen molar-refractivity contribution >= 4 is 56.0 Å². The number of pyridine rings is 1. The van der Waals surface area contributed by atoms with E-state index in [0.717, 1.165) is 15.8 Å². The summed E-state index contributed by atoms with van der Waals surface area (Å²) in [5.41, 5.74) is 4.23. The van der Waals surface area contributed by atoms with Crippen LogP contribution in [0.2, 0.25) is 5.02 Å². The summed E-state index contributed by atoms with van der Waals surface area (Å²) in [7, 11) is 3.05. The molecule has 4 heterocycles. The van der Waals surface area contributed by atoms with Gasteiger partial charge in [-0.05, 0) is 36.6 Å². The van der Waals surface area contributed by atoms with Crippen LogP contribution in [0.4, 0.5) is 10.5 Å². The Bertz CT molecular complexity index is 1870. The molecule has 0 bridgehead atoms. The van der Waals surface area contributed by atoms with Crippen LogP contribution in [0.1, 0.15) is 5.56 Å². The number of rotatable bonds is 4. The molecule has 1 aliphatic rings. The minimum absolute atomic E-state index is 0.107. The first-order valence-electron chi connectivity index (χ1n) is 12.1. The van der Waals surface area contributed by atoms with Crippen LogP contribution >= 0.6 is 22.9 Å². The van der Waals surface area contributed by atoms with Crippen LogP contribution in [-0.4, -0.2) is 53.0 Å². The highest BCUT2D eigenvalue weighted by atomic mass is 35.5. The highest BCUT2D eigenvalue weighted by Crippen LogP contribution is 2.47. The third-order valence-electron chi connectivity index (χ3n) is 5.95. The molecular weight excluding hydrogens is 570 g/mol. The average molecular weight is 590 g/mol. The molecule has 41 heavy (non-hydrogen) atoms. The highest BCUT2D eigenvalue weighted by molar-refractivity contribution is 7.22. The molecule has 2 aromatic carbocycles. The van der Waals surface area contributed by atoms with Crippen LogP contribution in [0.3, 0.4) is 0 Å². The van der Waals surface area contributed by atoms with Gasteiger partial charge >= 0.3 is 6.09 Å². The number of carbonyl (C=O) groups is 1. The zero-order valence-corrected chi connectivity index (χ0v) is 23.4. The number of anilines is 1. The molecule has 0 unspecified atom stereocenters. The van der Waals surface area contributed by atoms with Crippen LogP contribution in [0.5, 0.6) is 23.3 Å². The molecule has 0 saturated heterocycles. The van der Waals surface area contributed by atoms with Crippen molar-refractivity contribution in [1.29, 1.82) is 0 Å². The Kier molecular flexibility index (Phi) is 7.05. The molecule has 1 amide bonds. The van der Waals surface area contributed by atoms with E-state index in [-0.39, 0.29) is 6.61 Å². The number of fused-ring (bicyclic) bond motifs is 4. The number of nitrogens with one attached hydrogen (secondary N) is 1. The summed E-state index contributed by atoms with van der Waals surface area (Å²) in [6.45, 7) is 2.09. The number of hydrogen-bond donors (Lipinski definition) is 1. The second kappa shape index (κ2) is 11.0. The molecule has 5 aromatic rings. The quantitative estimate of drug-likeness (QED) is 0.263. The van der Waals surface area contributed by atoms with Crippen LogP contribution in [0.25, 0.3) is 31.8 Å². The summed E-state index contributed by atoms with van der Waals surface area (Å²) < 4.78 is 27.9. The largest absolute Gasteiger partial charge is 0.483 e. The Hall–Kier alpha value is -4.86. The van der Waals surface area contributed by atoms with Gasteiger partial charge in [0.25, 0.3) is 0 Å². The van der Waals surface area contributed by atoms with Crippen molar-refractivity contribution in [3.8, 4) is 45.9 Å². The third-order valence-corrected chi connectivity index (χ3v) is 7.33. The Morgan fingerprint density at radius 3 is 2.73 bits per heavy atom. The number of aromatic nitrogens is 4. The first kappa shape index (κ1) is 26.4. The number of halogens is 1. The Morgan fingerprint density at radius 2 is 1.95 bits per heavy atom. The number of aryl methyl sites for hydroxylation is 1. The monoisotopic (exact) mass is 589 g/mol. The number of benzene rings is 2. The number of thiazole rings is 1. The van der Waals surface area contributed by atoms with Gasteiger partial charge in [0.2, 0.25) is 11.8 Å². The van der Waals surface area contributed by atoms with E-state index in [4.69, 9.17) is 40.3 Å². The lowest BCUT2D eigenvalue weighted by atomic mass is 10.1. The van der Waals surface area contributed by atoms with Crippen molar-refractivity contribution < 1.29 is 28.5 Å². The van der Waals surface area contributed by atoms with Crippen molar-refractivity contribution in [1.82, 2.24) is 19.9 Å². The number of ether oxygens (including phenoxy) is 5. The summed E-state index contributed by atoms with van der Waals surface area (Å²) in [6, 6.07) is 8.81. The molecule has 3 aromatic heterocycles. The molecule has 0 aliphatic carbocycles. The maximum Gasteiger partial charge on any atom is 0.425 e. The van der Waals surface area contributed by atoms with Gasteiger partial charge in [-0.3, -0.25) is 5.32 Å². The molecule has 1 aliphatic heterocycles. The van der Waals surface area contributed by atoms with Crippen molar-refractivity contribution in [2.24, 2.45) is 0 Å². The molecule has 0 radical (unpaired) electrons. The predicted octanol–water partition coefficient (Wildman–Crippen LogP) is 5.63. The van der Waals surface area contributed by atoms with Crippen molar-refractivity contribution in [2.45, 2.75) is 13.0 Å². The van der Waals surface area contributed by atoms with Crippen LogP contribution in [0.15, 0.2) is 42.7 Å². The molecule has 11 nitrogen and oxygen atoms in total. The smallest absolute Gasteiger partial charge is 0.425 e. The molecule has 6 rings (SSSR count). The molecule has 0 spiro atoms. The predicted molar refractivity (Wildman–Crippen MR) is 153 cm³/mol. The van der Waals surface area contributed by atoms with Gasteiger partial charge in [0.1, 0.15) is 27.9 Å². The first-order chi connectivity index (χ1) is 19.9. The van der Waals surface area contributed by atoms with E-state index < -0.39 is 12.2 Å². The number of methoxy groups -OCH3 is 2. The van der Waals surface area contributed by atoms with E-state index in [0.29, 0.717) is 55.5 Å². The molecule has 13 heteroatoms. The zero-order valence-electron chi connectivity index (χ0n) is 21.9. The summed E-state index contributed by atoms with van der Waals surface area (Å²) in [4.78, 5) is 29.9. The normalized spacial score (nSPS) is 13.8. The molecule has 1 atom stereocenters. The number of carbonyl (C=O) groups excluding carboxylic acids is 1. The Morgan fingerprint density at radius 1 is 1.10 bits per heavy atom. The number of hydrogen-bond acceptors (Lipinski definition) is 11. The van der Waals surface area contributed by atoms with Crippen molar-refractivity contribution in [3.05, 3.63) is 53.3 Å². The van der Waals surface area contributed by atoms with E-state index in [1.165, 1.54) is 24.6 Å². The second-order valence-corrected chi connectivity index (χ2v) is 10.1. The maximum absolute atomic E-state index is 12.0. The standard InChI is InChI=1S/C28H20ClN5O6S/c1-14-8-17(23-19(9-14)33-22(37-3)12-31-23)27-34-24-18(29)10-20-25(26(24)41-27)39-13-16(40-20)6-7-38-28(35)32-15-4-5-21(36-2)30-11-15/h4-5,8-12,16H,13H2,1-3H3,(H,32,35)/t16-/m0/s1. The van der Waals surface area contributed by atoms with Gasteiger partial charge in [0.05, 0.1) is 48.4 Å². The van der Waals surface area contributed by atoms with Gasteiger partial charge in [0.15, 0.2) is 17.6 Å². The number of nitrogens with zero attached hydrogens (tertiary/aromatic N) is 4. The first-order valence-corrected chi connectivity index (χ1v) is 13.3. The fraction of sp³-hybridized carbons (Fsp3) is 0.179. The zero-order chi connectivity index (χ0) is 28.5. The van der Waals surface area contributed by atoms with E-state index in [1.807, 2.05) is 19.1 Å². The van der Waals surface area contributed by atoms with Gasteiger partial charge in [-0.15, -0.1) is 11.3 Å². The summed E-state index contributed by atoms with van der Waals surface area (Å²) in [5, 5.41) is 3.62. The lowest BCUT2D eigenvalue weighted by Crippen LogP contribution is -2.27. The Labute approximate surface area is 242 Å². The third kappa shape index (κ3) is 5.32. The van der Waals surface area contributed by atoms with Gasteiger partial charge in [-0.1, -0.05) is 11.6 Å². The van der Waals surface area contributed by atoms with E-state index in [2.05, 4.69) is 32.3 Å². The van der Waals surface area contributed by atoms with Crippen molar-refractivity contribution in [2.75, 3.05) is 26.1 Å². The average Bonchev–Trinajstić information content (AvgIpc) is 3.43. The molecular formula is C28H20ClN5O6S. The summed E-state index contributed by atoms with van der Waals surface area (Å²) in [6.07, 6.45) is 3.91. The van der Waals surface area contributed by atoms with E-state index >= 15 is 0 Å². The van der Waals surface area contributed by atoms with E-state index in [1.54, 1.807) is 31.5 Å². The van der Waals surface area contributed by atoms with E-state index in [9.17, 15) is 4.79 Å². The molecule has 1 N–H and O–H groups in total. The van der Waals surface area contributed by atoms with Gasteiger partial charge < -0.3 is 23.7 Å². The fourth-order valence-corrected chi connectivity index (χ4v) is 5.52. The SMILES string of the molecule is COc1ccc(NC(=O)OC#C[C@H]2COc3c(cc(Cl)c4nc(-c5cc(C)cc6nc(OC)cnc56)sc34)O2)cn1. The highest BCUT2D eigenvalue weighted by Gasteiger charge is 2.26. The second-order valence-electron chi connectivity index (χ2n) is 8.74. The molecule has 0 fully saturated rings. The minimum Gasteiger partial charge on any atom is -0.483 e. The van der Waals surface area contributed by atoms with Crippen LogP contribution in [0, 0.1) is 19.0 Å². The van der Waals surface area contributed by atoms with Crippen LogP contribution in [-0.2, 0) is 4.74 Å². The topological polar surface area (TPSA) is 127 Å². The maximum atomic E-state index is 12.0. The molecule has 0 saturated carbocycles. The van der Waals surface area contributed by atoms with Crippen LogP contribution < -0.4 is 24.3 Å². The lowest BCUT2D eigenvalue weighted by molar-refractivity contribution is 0.130. The van der Waals surface area contributed by atoms with Gasteiger partial charge in [0, 0.05) is 17.7 Å². The van der Waals surface area contributed by atoms with Crippen molar-refractivity contribution in [3.63, 3.8) is 0 Å². The molecule has 206 valence electrons. The van der Waals surface area contributed by atoms with Gasteiger partial charge in [-0.25, -0.2) is 24.7 Å². The fourth-order valence-electron chi connectivity index (χ4n) is 4.12. The lowest BCUT2D eigenvalue weighted by Gasteiger charge is -2.23. The summed E-state index contributed by atoms with van der Waals surface area (Å²) in [5.74, 6) is 4.51. The van der Waals surface area contributed by atoms with Gasteiger partial charge in [-0.2, -0.15) is 0 Å².